The number of benzene rings is 1. The zero-order chi connectivity index (χ0) is 13.2. The summed E-state index contributed by atoms with van der Waals surface area (Å²) in [6, 6.07) is 7.21. The maximum absolute atomic E-state index is 11.9. The maximum Gasteiger partial charge on any atom is 0.235 e. The first kappa shape index (κ1) is 12.9. The lowest BCUT2D eigenvalue weighted by molar-refractivity contribution is 0.598. The molecule has 1 aromatic carbocycles. The van der Waals surface area contributed by atoms with E-state index in [1.54, 1.807) is 12.1 Å². The summed E-state index contributed by atoms with van der Waals surface area (Å²) in [7, 11) is -3.14. The van der Waals surface area contributed by atoms with Crippen LogP contribution in [-0.2, 0) is 10.0 Å². The Balaban J connectivity index is 2.25. The second-order valence-electron chi connectivity index (χ2n) is 4.47. The van der Waals surface area contributed by atoms with E-state index in [9.17, 15) is 8.42 Å². The van der Waals surface area contributed by atoms with Gasteiger partial charge in [0.1, 0.15) is 0 Å². The predicted molar refractivity (Wildman–Crippen MR) is 72.7 cm³/mol. The SMILES string of the molecule is CC1CN(c2ccc(C#CCN)cc2)S(=O)(=O)C1. The highest BCUT2D eigenvalue weighted by atomic mass is 32.2. The van der Waals surface area contributed by atoms with E-state index in [1.165, 1.54) is 4.31 Å². The minimum absolute atomic E-state index is 0.173. The Morgan fingerprint density at radius 1 is 1.39 bits per heavy atom. The third-order valence-electron chi connectivity index (χ3n) is 2.80. The normalized spacial score (nSPS) is 21.4. The Hall–Kier alpha value is -1.51. The van der Waals surface area contributed by atoms with Crippen LogP contribution in [0.15, 0.2) is 24.3 Å². The van der Waals surface area contributed by atoms with Crippen molar-refractivity contribution in [3.8, 4) is 11.8 Å². The number of nitrogens with two attached hydrogens (primary N) is 1. The minimum Gasteiger partial charge on any atom is -0.320 e. The number of rotatable bonds is 1. The summed E-state index contributed by atoms with van der Waals surface area (Å²) in [6.45, 7) is 2.81. The Kier molecular flexibility index (Phi) is 3.60. The van der Waals surface area contributed by atoms with Gasteiger partial charge in [-0.3, -0.25) is 4.31 Å². The van der Waals surface area contributed by atoms with Gasteiger partial charge in [-0.1, -0.05) is 18.8 Å². The topological polar surface area (TPSA) is 63.4 Å². The number of sulfonamides is 1. The third kappa shape index (κ3) is 2.66. The van der Waals surface area contributed by atoms with Crippen LogP contribution in [0, 0.1) is 17.8 Å². The first-order chi connectivity index (χ1) is 8.53. The molecule has 0 radical (unpaired) electrons. The summed E-state index contributed by atoms with van der Waals surface area (Å²) in [5, 5.41) is 0. The van der Waals surface area contributed by atoms with Gasteiger partial charge in [0.15, 0.2) is 0 Å². The Morgan fingerprint density at radius 2 is 2.06 bits per heavy atom. The first-order valence-electron chi connectivity index (χ1n) is 5.82. The predicted octanol–water partition coefficient (Wildman–Crippen LogP) is 0.783. The van der Waals surface area contributed by atoms with Gasteiger partial charge in [0.2, 0.25) is 10.0 Å². The lowest BCUT2D eigenvalue weighted by Crippen LogP contribution is -2.25. The van der Waals surface area contributed by atoms with Crippen LogP contribution in [0.5, 0.6) is 0 Å². The van der Waals surface area contributed by atoms with E-state index in [1.807, 2.05) is 19.1 Å². The quantitative estimate of drug-likeness (QED) is 0.763. The second kappa shape index (κ2) is 5.01. The Morgan fingerprint density at radius 3 is 2.56 bits per heavy atom. The molecule has 0 spiro atoms. The van der Waals surface area contributed by atoms with Gasteiger partial charge in [-0.15, -0.1) is 0 Å². The Labute approximate surface area is 108 Å². The molecule has 1 aromatic rings. The molecule has 0 saturated carbocycles. The fourth-order valence-electron chi connectivity index (χ4n) is 2.03. The van der Waals surface area contributed by atoms with Gasteiger partial charge >= 0.3 is 0 Å². The molecule has 1 heterocycles. The molecule has 2 N–H and O–H groups in total. The van der Waals surface area contributed by atoms with E-state index >= 15 is 0 Å². The number of nitrogens with zero attached hydrogens (tertiary/aromatic N) is 1. The van der Waals surface area contributed by atoms with E-state index in [0.717, 1.165) is 5.56 Å². The highest BCUT2D eigenvalue weighted by Crippen LogP contribution is 2.26. The zero-order valence-electron chi connectivity index (χ0n) is 10.3. The molecule has 1 saturated heterocycles. The van der Waals surface area contributed by atoms with Gasteiger partial charge in [0.25, 0.3) is 0 Å². The van der Waals surface area contributed by atoms with Crippen LogP contribution in [0.2, 0.25) is 0 Å². The van der Waals surface area contributed by atoms with Crippen molar-refractivity contribution in [2.24, 2.45) is 11.7 Å². The molecule has 1 atom stereocenters. The van der Waals surface area contributed by atoms with E-state index in [0.29, 0.717) is 18.8 Å². The first-order valence-corrected chi connectivity index (χ1v) is 7.43. The van der Waals surface area contributed by atoms with Crippen molar-refractivity contribution in [2.75, 3.05) is 23.1 Å². The minimum atomic E-state index is -3.14. The molecule has 18 heavy (non-hydrogen) atoms. The second-order valence-corrected chi connectivity index (χ2v) is 6.41. The van der Waals surface area contributed by atoms with Crippen molar-refractivity contribution >= 4 is 15.7 Å². The zero-order valence-corrected chi connectivity index (χ0v) is 11.1. The average molecular weight is 264 g/mol. The molecule has 1 aliphatic rings. The Bertz CT molecular complexity index is 582. The third-order valence-corrected chi connectivity index (χ3v) is 4.82. The molecule has 0 aliphatic carbocycles. The summed E-state index contributed by atoms with van der Waals surface area (Å²) in [4.78, 5) is 0. The molecule has 0 amide bonds. The van der Waals surface area contributed by atoms with Crippen LogP contribution >= 0.6 is 0 Å². The van der Waals surface area contributed by atoms with Crippen LogP contribution in [0.25, 0.3) is 0 Å². The summed E-state index contributed by atoms with van der Waals surface area (Å²) in [6.07, 6.45) is 0. The smallest absolute Gasteiger partial charge is 0.235 e. The molecule has 1 aliphatic heterocycles. The maximum atomic E-state index is 11.9. The van der Waals surface area contributed by atoms with E-state index in [4.69, 9.17) is 5.73 Å². The van der Waals surface area contributed by atoms with E-state index < -0.39 is 10.0 Å². The van der Waals surface area contributed by atoms with Gasteiger partial charge in [-0.25, -0.2) is 8.42 Å². The van der Waals surface area contributed by atoms with Crippen LogP contribution in [0.3, 0.4) is 0 Å². The summed E-state index contributed by atoms with van der Waals surface area (Å²) >= 11 is 0. The molecule has 1 fully saturated rings. The fourth-order valence-corrected chi connectivity index (χ4v) is 3.96. The van der Waals surface area contributed by atoms with Crippen LogP contribution in [-0.4, -0.2) is 27.3 Å². The van der Waals surface area contributed by atoms with Gasteiger partial charge in [0.05, 0.1) is 18.0 Å². The van der Waals surface area contributed by atoms with Crippen molar-refractivity contribution < 1.29 is 8.42 Å². The molecule has 4 nitrogen and oxygen atoms in total. The van der Waals surface area contributed by atoms with E-state index in [2.05, 4.69) is 11.8 Å². The molecule has 5 heteroatoms. The molecule has 1 unspecified atom stereocenters. The van der Waals surface area contributed by atoms with E-state index in [-0.39, 0.29) is 11.7 Å². The molecular weight excluding hydrogens is 248 g/mol. The number of hydrogen-bond acceptors (Lipinski definition) is 3. The van der Waals surface area contributed by atoms with Crippen LogP contribution in [0.4, 0.5) is 5.69 Å². The lowest BCUT2D eigenvalue weighted by Gasteiger charge is -2.16. The molecule has 0 aromatic heterocycles. The van der Waals surface area contributed by atoms with Crippen molar-refractivity contribution in [2.45, 2.75) is 6.92 Å². The molecule has 0 bridgehead atoms. The molecule has 96 valence electrons. The highest BCUT2D eigenvalue weighted by molar-refractivity contribution is 7.93. The van der Waals surface area contributed by atoms with Crippen LogP contribution in [0.1, 0.15) is 12.5 Å². The van der Waals surface area contributed by atoms with Gasteiger partial charge in [-0.05, 0) is 30.2 Å². The van der Waals surface area contributed by atoms with Crippen molar-refractivity contribution in [3.63, 3.8) is 0 Å². The highest BCUT2D eigenvalue weighted by Gasteiger charge is 2.33. The summed E-state index contributed by atoms with van der Waals surface area (Å²) < 4.78 is 25.3. The number of anilines is 1. The average Bonchev–Trinajstić information content (AvgIpc) is 2.60. The molecular formula is C13H16N2O2S. The fraction of sp³-hybridized carbons (Fsp3) is 0.385. The van der Waals surface area contributed by atoms with Gasteiger partial charge < -0.3 is 5.73 Å². The van der Waals surface area contributed by atoms with Crippen molar-refractivity contribution in [1.82, 2.24) is 0 Å². The largest absolute Gasteiger partial charge is 0.320 e. The number of hydrogen-bond donors (Lipinski definition) is 1. The van der Waals surface area contributed by atoms with Crippen molar-refractivity contribution in [3.05, 3.63) is 29.8 Å². The standard InChI is InChI=1S/C13H16N2O2S/c1-11-9-15(18(16,17)10-11)13-6-4-12(5-7-13)3-2-8-14/h4-7,11H,8-10,14H2,1H3. The van der Waals surface area contributed by atoms with Gasteiger partial charge in [-0.2, -0.15) is 0 Å². The summed E-state index contributed by atoms with van der Waals surface area (Å²) in [5.74, 6) is 6.07. The molecule has 2 rings (SSSR count). The van der Waals surface area contributed by atoms with Crippen molar-refractivity contribution in [1.29, 1.82) is 0 Å². The van der Waals surface area contributed by atoms with Gasteiger partial charge in [0, 0.05) is 12.1 Å². The lowest BCUT2D eigenvalue weighted by atomic mass is 10.2. The monoisotopic (exact) mass is 264 g/mol. The summed E-state index contributed by atoms with van der Waals surface area (Å²) in [5.41, 5.74) is 6.84. The van der Waals surface area contributed by atoms with Crippen LogP contribution < -0.4 is 10.0 Å².